The summed E-state index contributed by atoms with van der Waals surface area (Å²) in [5.74, 6) is -0.797. The van der Waals surface area contributed by atoms with E-state index in [1.54, 1.807) is 6.92 Å². The third-order valence-corrected chi connectivity index (χ3v) is 3.84. The second-order valence-electron chi connectivity index (χ2n) is 5.64. The largest absolute Gasteiger partial charge is 0.422 e. The number of anilines is 1. The standard InChI is InChI=1S/C17H11N3O7/c1-9-6-11(19(23)24)2-4-14(9)18-16(21)13-8-10-7-12(20(25)26)3-5-15(10)27-17(13)22/h2-8H,1H3,(H,18,21). The Balaban J connectivity index is 1.98. The molecule has 0 aliphatic heterocycles. The van der Waals surface area contributed by atoms with Crippen LogP contribution in [0.25, 0.3) is 11.0 Å². The van der Waals surface area contributed by atoms with Gasteiger partial charge in [0.1, 0.15) is 11.1 Å². The smallest absolute Gasteiger partial charge is 0.349 e. The topological polar surface area (TPSA) is 146 Å². The first-order chi connectivity index (χ1) is 12.8. The van der Waals surface area contributed by atoms with E-state index in [0.717, 1.165) is 0 Å². The number of nitro groups is 2. The lowest BCUT2D eigenvalue weighted by Crippen LogP contribution is -2.21. The molecule has 0 saturated carbocycles. The van der Waals surface area contributed by atoms with Gasteiger partial charge in [-0.3, -0.25) is 25.0 Å². The fraction of sp³-hybridized carbons (Fsp3) is 0.0588. The van der Waals surface area contributed by atoms with Crippen molar-refractivity contribution in [2.24, 2.45) is 0 Å². The number of carbonyl (C=O) groups excluding carboxylic acids is 1. The quantitative estimate of drug-likeness (QED) is 0.422. The zero-order valence-corrected chi connectivity index (χ0v) is 13.8. The van der Waals surface area contributed by atoms with Gasteiger partial charge >= 0.3 is 5.63 Å². The fourth-order valence-corrected chi connectivity index (χ4v) is 2.47. The molecule has 0 saturated heterocycles. The monoisotopic (exact) mass is 369 g/mol. The summed E-state index contributed by atoms with van der Waals surface area (Å²) < 4.78 is 5.04. The average Bonchev–Trinajstić information content (AvgIpc) is 2.62. The molecule has 1 N–H and O–H groups in total. The Hall–Kier alpha value is -4.08. The first-order valence-electron chi connectivity index (χ1n) is 7.55. The predicted octanol–water partition coefficient (Wildman–Crippen LogP) is 3.17. The number of amides is 1. The minimum atomic E-state index is -0.909. The molecule has 0 aliphatic carbocycles. The zero-order valence-electron chi connectivity index (χ0n) is 13.8. The van der Waals surface area contributed by atoms with Gasteiger partial charge in [0.25, 0.3) is 17.3 Å². The van der Waals surface area contributed by atoms with Gasteiger partial charge < -0.3 is 9.73 Å². The maximum Gasteiger partial charge on any atom is 0.349 e. The number of carbonyl (C=O) groups is 1. The Kier molecular flexibility index (Phi) is 4.38. The maximum atomic E-state index is 12.4. The lowest BCUT2D eigenvalue weighted by molar-refractivity contribution is -0.385. The number of nitrogens with one attached hydrogen (secondary N) is 1. The normalized spacial score (nSPS) is 10.6. The number of non-ortho nitro benzene ring substituents is 2. The molecule has 0 atom stereocenters. The number of nitro benzene ring substituents is 2. The number of benzene rings is 2. The molecule has 3 aromatic rings. The minimum Gasteiger partial charge on any atom is -0.422 e. The summed E-state index contributed by atoms with van der Waals surface area (Å²) in [6.45, 7) is 1.56. The van der Waals surface area contributed by atoms with E-state index < -0.39 is 21.4 Å². The Morgan fingerprint density at radius 1 is 1.00 bits per heavy atom. The molecule has 0 fully saturated rings. The van der Waals surface area contributed by atoms with Crippen LogP contribution in [0.1, 0.15) is 15.9 Å². The van der Waals surface area contributed by atoms with Gasteiger partial charge in [0.05, 0.1) is 9.85 Å². The summed E-state index contributed by atoms with van der Waals surface area (Å²) >= 11 is 0. The van der Waals surface area contributed by atoms with Crippen molar-refractivity contribution in [2.45, 2.75) is 6.92 Å². The number of nitrogens with zero attached hydrogens (tertiary/aromatic N) is 2. The summed E-state index contributed by atoms with van der Waals surface area (Å²) in [4.78, 5) is 45.0. The Bertz CT molecular complexity index is 1170. The van der Waals surface area contributed by atoms with Crippen LogP contribution in [0.15, 0.2) is 51.7 Å². The molecule has 1 heterocycles. The summed E-state index contributed by atoms with van der Waals surface area (Å²) in [5.41, 5.74) is -0.790. The van der Waals surface area contributed by atoms with Crippen LogP contribution in [0, 0.1) is 27.2 Å². The van der Waals surface area contributed by atoms with Crippen LogP contribution in [0.5, 0.6) is 0 Å². The second kappa shape index (κ2) is 6.67. The van der Waals surface area contributed by atoms with Crippen LogP contribution in [-0.2, 0) is 0 Å². The van der Waals surface area contributed by atoms with E-state index in [1.807, 2.05) is 0 Å². The van der Waals surface area contributed by atoms with E-state index >= 15 is 0 Å². The van der Waals surface area contributed by atoms with Crippen molar-refractivity contribution in [3.05, 3.63) is 84.2 Å². The molecule has 0 unspecified atom stereocenters. The van der Waals surface area contributed by atoms with Gasteiger partial charge in [0, 0.05) is 35.3 Å². The van der Waals surface area contributed by atoms with Crippen molar-refractivity contribution in [3.8, 4) is 0 Å². The first kappa shape index (κ1) is 17.7. The Labute approximate surface area is 150 Å². The lowest BCUT2D eigenvalue weighted by atomic mass is 10.1. The highest BCUT2D eigenvalue weighted by molar-refractivity contribution is 6.05. The van der Waals surface area contributed by atoms with Gasteiger partial charge in [-0.1, -0.05) is 0 Å². The second-order valence-corrected chi connectivity index (χ2v) is 5.64. The number of aryl methyl sites for hydroxylation is 1. The molecule has 0 spiro atoms. The first-order valence-corrected chi connectivity index (χ1v) is 7.55. The predicted molar refractivity (Wildman–Crippen MR) is 94.9 cm³/mol. The Morgan fingerprint density at radius 3 is 2.26 bits per heavy atom. The lowest BCUT2D eigenvalue weighted by Gasteiger charge is -2.08. The van der Waals surface area contributed by atoms with Crippen LogP contribution in [0.3, 0.4) is 0 Å². The van der Waals surface area contributed by atoms with Crippen molar-refractivity contribution in [3.63, 3.8) is 0 Å². The molecule has 3 rings (SSSR count). The molecule has 1 aromatic heterocycles. The van der Waals surface area contributed by atoms with Gasteiger partial charge in [-0.2, -0.15) is 0 Å². The molecule has 2 aromatic carbocycles. The Morgan fingerprint density at radius 2 is 1.63 bits per heavy atom. The molecular formula is C17H11N3O7. The molecule has 27 heavy (non-hydrogen) atoms. The van der Waals surface area contributed by atoms with E-state index in [2.05, 4.69) is 5.32 Å². The summed E-state index contributed by atoms with van der Waals surface area (Å²) in [7, 11) is 0. The van der Waals surface area contributed by atoms with E-state index in [4.69, 9.17) is 4.42 Å². The molecule has 0 aliphatic rings. The molecular weight excluding hydrogens is 358 g/mol. The van der Waals surface area contributed by atoms with Crippen molar-refractivity contribution in [1.29, 1.82) is 0 Å². The van der Waals surface area contributed by atoms with Crippen LogP contribution in [-0.4, -0.2) is 15.8 Å². The van der Waals surface area contributed by atoms with Gasteiger partial charge in [0.15, 0.2) is 0 Å². The highest BCUT2D eigenvalue weighted by Crippen LogP contribution is 2.23. The third kappa shape index (κ3) is 3.49. The summed E-state index contributed by atoms with van der Waals surface area (Å²) in [6, 6.07) is 8.69. The number of hydrogen-bond donors (Lipinski definition) is 1. The third-order valence-electron chi connectivity index (χ3n) is 3.84. The number of hydrogen-bond acceptors (Lipinski definition) is 7. The molecule has 1 amide bonds. The van der Waals surface area contributed by atoms with Gasteiger partial charge in [-0.05, 0) is 30.7 Å². The van der Waals surface area contributed by atoms with Gasteiger partial charge in [-0.15, -0.1) is 0 Å². The van der Waals surface area contributed by atoms with E-state index in [1.165, 1.54) is 42.5 Å². The van der Waals surface area contributed by atoms with Crippen molar-refractivity contribution >= 4 is 33.9 Å². The van der Waals surface area contributed by atoms with Crippen LogP contribution in [0.4, 0.5) is 17.1 Å². The van der Waals surface area contributed by atoms with Gasteiger partial charge in [-0.25, -0.2) is 4.79 Å². The number of rotatable bonds is 4. The minimum absolute atomic E-state index is 0.105. The zero-order chi connectivity index (χ0) is 19.7. The molecule has 0 radical (unpaired) electrons. The van der Waals surface area contributed by atoms with E-state index in [0.29, 0.717) is 5.56 Å². The van der Waals surface area contributed by atoms with Crippen LogP contribution >= 0.6 is 0 Å². The molecule has 10 nitrogen and oxygen atoms in total. The molecule has 0 bridgehead atoms. The van der Waals surface area contributed by atoms with Crippen molar-refractivity contribution < 1.29 is 19.1 Å². The van der Waals surface area contributed by atoms with Crippen molar-refractivity contribution in [2.75, 3.05) is 5.32 Å². The van der Waals surface area contributed by atoms with Gasteiger partial charge in [0.2, 0.25) is 0 Å². The van der Waals surface area contributed by atoms with Crippen LogP contribution in [0.2, 0.25) is 0 Å². The molecule has 10 heteroatoms. The highest BCUT2D eigenvalue weighted by atomic mass is 16.6. The van der Waals surface area contributed by atoms with Crippen LogP contribution < -0.4 is 10.9 Å². The van der Waals surface area contributed by atoms with E-state index in [9.17, 15) is 29.8 Å². The summed E-state index contributed by atoms with van der Waals surface area (Å²) in [6.07, 6.45) is 0. The summed E-state index contributed by atoms with van der Waals surface area (Å²) in [5, 5.41) is 24.3. The van der Waals surface area contributed by atoms with E-state index in [-0.39, 0.29) is 33.6 Å². The highest BCUT2D eigenvalue weighted by Gasteiger charge is 2.17. The van der Waals surface area contributed by atoms with Crippen molar-refractivity contribution in [1.82, 2.24) is 0 Å². The number of fused-ring (bicyclic) bond motifs is 1. The average molecular weight is 369 g/mol. The SMILES string of the molecule is Cc1cc([N+](=O)[O-])ccc1NC(=O)c1cc2cc([N+](=O)[O-])ccc2oc1=O. The fourth-order valence-electron chi connectivity index (χ4n) is 2.47. The maximum absolute atomic E-state index is 12.4. The molecule has 136 valence electrons.